The molecule has 0 saturated carbocycles. The number of pyridine rings is 1. The Morgan fingerprint density at radius 2 is 1.39 bits per heavy atom. The zero-order chi connectivity index (χ0) is 15.2. The molecule has 0 bridgehead atoms. The molecule has 2 heteroatoms. The van der Waals surface area contributed by atoms with Gasteiger partial charge >= 0.3 is 0 Å². The van der Waals surface area contributed by atoms with E-state index in [0.717, 1.165) is 11.2 Å². The second kappa shape index (κ2) is 4.90. The standard InChI is InChI=1S/C21H13NS/c1-3-7-17-14(5-1)9-10-15-11-12-18(22-21(15)17)20-13-16-6-2-4-8-19(16)23-20/h1-13H. The van der Waals surface area contributed by atoms with Crippen molar-refractivity contribution in [1.29, 1.82) is 0 Å². The van der Waals surface area contributed by atoms with Crippen molar-refractivity contribution in [1.82, 2.24) is 4.98 Å². The molecule has 0 radical (unpaired) electrons. The van der Waals surface area contributed by atoms with Crippen LogP contribution in [0.4, 0.5) is 0 Å². The largest absolute Gasteiger partial charge is 0.246 e. The Kier molecular flexibility index (Phi) is 2.73. The second-order valence-corrected chi connectivity index (χ2v) is 6.79. The highest BCUT2D eigenvalue weighted by Gasteiger charge is 2.08. The average molecular weight is 311 g/mol. The molecule has 0 aliphatic heterocycles. The van der Waals surface area contributed by atoms with Gasteiger partial charge in [-0.15, -0.1) is 11.3 Å². The van der Waals surface area contributed by atoms with E-state index in [1.165, 1.54) is 31.1 Å². The predicted molar refractivity (Wildman–Crippen MR) is 100 cm³/mol. The van der Waals surface area contributed by atoms with E-state index in [2.05, 4.69) is 78.9 Å². The molecule has 0 aliphatic rings. The smallest absolute Gasteiger partial charge is 0.0810 e. The van der Waals surface area contributed by atoms with E-state index in [9.17, 15) is 0 Å². The lowest BCUT2D eigenvalue weighted by Crippen LogP contribution is -1.85. The highest BCUT2D eigenvalue weighted by molar-refractivity contribution is 7.22. The Balaban J connectivity index is 1.80. The molecule has 0 N–H and O–H groups in total. The molecule has 0 atom stereocenters. The topological polar surface area (TPSA) is 12.9 Å². The minimum atomic E-state index is 1.05. The van der Waals surface area contributed by atoms with Crippen LogP contribution < -0.4 is 0 Å². The number of aromatic nitrogens is 1. The zero-order valence-electron chi connectivity index (χ0n) is 12.4. The van der Waals surface area contributed by atoms with Gasteiger partial charge in [-0.2, -0.15) is 0 Å². The van der Waals surface area contributed by atoms with E-state index in [1.807, 2.05) is 0 Å². The van der Waals surface area contributed by atoms with Crippen LogP contribution in [-0.2, 0) is 0 Å². The van der Waals surface area contributed by atoms with Gasteiger partial charge in [0.05, 0.1) is 16.1 Å². The molecule has 3 aromatic carbocycles. The number of benzene rings is 3. The van der Waals surface area contributed by atoms with Crippen LogP contribution in [0.2, 0.25) is 0 Å². The van der Waals surface area contributed by atoms with E-state index >= 15 is 0 Å². The third-order valence-corrected chi connectivity index (χ3v) is 5.40. The second-order valence-electron chi connectivity index (χ2n) is 5.70. The quantitative estimate of drug-likeness (QED) is 0.332. The molecule has 1 nitrogen and oxygen atoms in total. The summed E-state index contributed by atoms with van der Waals surface area (Å²) < 4.78 is 1.31. The molecule has 2 aromatic heterocycles. The van der Waals surface area contributed by atoms with Gasteiger partial charge in [0.2, 0.25) is 0 Å². The molecule has 0 unspecified atom stereocenters. The predicted octanol–water partition coefficient (Wildman–Crippen LogP) is 6.27. The van der Waals surface area contributed by atoms with Gasteiger partial charge in [0, 0.05) is 15.5 Å². The summed E-state index contributed by atoms with van der Waals surface area (Å²) in [5, 5.41) is 4.93. The van der Waals surface area contributed by atoms with E-state index in [0.29, 0.717) is 0 Å². The summed E-state index contributed by atoms with van der Waals surface area (Å²) in [7, 11) is 0. The fourth-order valence-corrected chi connectivity index (χ4v) is 4.14. The summed E-state index contributed by atoms with van der Waals surface area (Å²) in [5.41, 5.74) is 2.13. The normalized spacial score (nSPS) is 11.5. The molecule has 0 aliphatic carbocycles. The van der Waals surface area contributed by atoms with Crippen LogP contribution in [0, 0.1) is 0 Å². The van der Waals surface area contributed by atoms with E-state index in [1.54, 1.807) is 11.3 Å². The zero-order valence-corrected chi connectivity index (χ0v) is 13.2. The van der Waals surface area contributed by atoms with Crippen LogP contribution in [0.25, 0.3) is 42.3 Å². The molecular weight excluding hydrogens is 298 g/mol. The molecule has 0 saturated heterocycles. The van der Waals surface area contributed by atoms with Crippen LogP contribution in [0.15, 0.2) is 78.9 Å². The number of fused-ring (bicyclic) bond motifs is 4. The minimum Gasteiger partial charge on any atom is -0.246 e. The summed E-state index contributed by atoms with van der Waals surface area (Å²) in [5.74, 6) is 0. The fraction of sp³-hybridized carbons (Fsp3) is 0. The van der Waals surface area contributed by atoms with Crippen LogP contribution >= 0.6 is 11.3 Å². The van der Waals surface area contributed by atoms with Crippen molar-refractivity contribution in [2.75, 3.05) is 0 Å². The average Bonchev–Trinajstić information content (AvgIpc) is 3.05. The molecule has 23 heavy (non-hydrogen) atoms. The Morgan fingerprint density at radius 3 is 2.30 bits per heavy atom. The van der Waals surface area contributed by atoms with Crippen molar-refractivity contribution in [2.45, 2.75) is 0 Å². The first-order valence-corrected chi connectivity index (χ1v) is 8.48. The summed E-state index contributed by atoms with van der Waals surface area (Å²) in [6.07, 6.45) is 0. The summed E-state index contributed by atoms with van der Waals surface area (Å²) >= 11 is 1.80. The monoisotopic (exact) mass is 311 g/mol. The van der Waals surface area contributed by atoms with Gasteiger partial charge in [0.1, 0.15) is 0 Å². The van der Waals surface area contributed by atoms with Gasteiger partial charge < -0.3 is 0 Å². The highest BCUT2D eigenvalue weighted by atomic mass is 32.1. The maximum absolute atomic E-state index is 4.98. The molecule has 108 valence electrons. The van der Waals surface area contributed by atoms with Crippen LogP contribution in [0.3, 0.4) is 0 Å². The lowest BCUT2D eigenvalue weighted by molar-refractivity contribution is 1.43. The van der Waals surface area contributed by atoms with Crippen molar-refractivity contribution >= 4 is 43.1 Å². The Bertz CT molecular complexity index is 1140. The third kappa shape index (κ3) is 2.03. The highest BCUT2D eigenvalue weighted by Crippen LogP contribution is 2.34. The van der Waals surface area contributed by atoms with E-state index in [4.69, 9.17) is 4.98 Å². The molecule has 0 fully saturated rings. The number of nitrogens with zero attached hydrogens (tertiary/aromatic N) is 1. The lowest BCUT2D eigenvalue weighted by Gasteiger charge is -2.05. The number of hydrogen-bond acceptors (Lipinski definition) is 2. The summed E-state index contributed by atoms with van der Waals surface area (Å²) in [6.45, 7) is 0. The SMILES string of the molecule is c1ccc2sc(-c3ccc4ccc5ccccc5c4n3)cc2c1. The van der Waals surface area contributed by atoms with E-state index in [-0.39, 0.29) is 0 Å². The molecule has 5 aromatic rings. The lowest BCUT2D eigenvalue weighted by atomic mass is 10.1. The van der Waals surface area contributed by atoms with Crippen LogP contribution in [0.5, 0.6) is 0 Å². The summed E-state index contributed by atoms with van der Waals surface area (Å²) in [6, 6.07) is 27.8. The third-order valence-electron chi connectivity index (χ3n) is 4.26. The van der Waals surface area contributed by atoms with E-state index < -0.39 is 0 Å². The summed E-state index contributed by atoms with van der Waals surface area (Å²) in [4.78, 5) is 6.20. The van der Waals surface area contributed by atoms with Gasteiger partial charge in [-0.1, -0.05) is 60.7 Å². The maximum Gasteiger partial charge on any atom is 0.0810 e. The van der Waals surface area contributed by atoms with Crippen molar-refractivity contribution in [3.63, 3.8) is 0 Å². The number of thiophene rings is 1. The Morgan fingerprint density at radius 1 is 0.652 bits per heavy atom. The maximum atomic E-state index is 4.98. The fourth-order valence-electron chi connectivity index (χ4n) is 3.10. The van der Waals surface area contributed by atoms with Gasteiger partial charge in [-0.3, -0.25) is 0 Å². The molecule has 5 rings (SSSR count). The van der Waals surface area contributed by atoms with Crippen molar-refractivity contribution < 1.29 is 0 Å². The molecule has 0 amide bonds. The minimum absolute atomic E-state index is 1.05. The van der Waals surface area contributed by atoms with Gasteiger partial charge in [-0.25, -0.2) is 4.98 Å². The Hall–Kier alpha value is -2.71. The number of hydrogen-bond donors (Lipinski definition) is 0. The first kappa shape index (κ1) is 12.8. The molecular formula is C21H13NS. The van der Waals surface area contributed by atoms with Gasteiger partial charge in [0.25, 0.3) is 0 Å². The van der Waals surface area contributed by atoms with Crippen LogP contribution in [0.1, 0.15) is 0 Å². The molecule has 0 spiro atoms. The Labute approximate surface area is 137 Å². The first-order valence-electron chi connectivity index (χ1n) is 7.66. The van der Waals surface area contributed by atoms with Crippen molar-refractivity contribution in [2.24, 2.45) is 0 Å². The van der Waals surface area contributed by atoms with Crippen molar-refractivity contribution in [3.05, 3.63) is 78.9 Å². The first-order chi connectivity index (χ1) is 11.4. The van der Waals surface area contributed by atoms with Crippen molar-refractivity contribution in [3.8, 4) is 10.6 Å². The van der Waals surface area contributed by atoms with Gasteiger partial charge in [0.15, 0.2) is 0 Å². The van der Waals surface area contributed by atoms with Gasteiger partial charge in [-0.05, 0) is 29.0 Å². The molecule has 2 heterocycles. The number of rotatable bonds is 1. The van der Waals surface area contributed by atoms with Crippen LogP contribution in [-0.4, -0.2) is 4.98 Å².